The van der Waals surface area contributed by atoms with Gasteiger partial charge in [0.25, 0.3) is 0 Å². The first-order chi connectivity index (χ1) is 8.63. The number of halogens is 1. The van der Waals surface area contributed by atoms with Crippen molar-refractivity contribution in [3.8, 4) is 11.3 Å². The Morgan fingerprint density at radius 3 is 3.00 bits per heavy atom. The molecule has 7 heteroatoms. The van der Waals surface area contributed by atoms with E-state index in [1.54, 1.807) is 10.9 Å². The van der Waals surface area contributed by atoms with Crippen molar-refractivity contribution in [2.45, 2.75) is 20.1 Å². The summed E-state index contributed by atoms with van der Waals surface area (Å²) in [7, 11) is 0. The number of nitrogen functional groups attached to an aromatic ring is 1. The van der Waals surface area contributed by atoms with Crippen LogP contribution in [0.25, 0.3) is 11.3 Å². The van der Waals surface area contributed by atoms with E-state index in [0.717, 1.165) is 11.3 Å². The van der Waals surface area contributed by atoms with Gasteiger partial charge in [-0.3, -0.25) is 0 Å². The maximum absolute atomic E-state index is 5.72. The lowest BCUT2D eigenvalue weighted by molar-refractivity contribution is 0.0160. The van der Waals surface area contributed by atoms with Gasteiger partial charge in [0, 0.05) is 18.4 Å². The van der Waals surface area contributed by atoms with Crippen LogP contribution in [0.4, 0.5) is 5.82 Å². The van der Waals surface area contributed by atoms with Crippen LogP contribution in [-0.4, -0.2) is 26.4 Å². The van der Waals surface area contributed by atoms with Gasteiger partial charge in [-0.1, -0.05) is 0 Å². The van der Waals surface area contributed by atoms with Crippen molar-refractivity contribution in [1.29, 1.82) is 0 Å². The smallest absolute Gasteiger partial charge is 0.147 e. The van der Waals surface area contributed by atoms with E-state index >= 15 is 0 Å². The number of rotatable bonds is 4. The topological polar surface area (TPSA) is 78.8 Å². The van der Waals surface area contributed by atoms with Crippen molar-refractivity contribution in [3.63, 3.8) is 0 Å². The highest BCUT2D eigenvalue weighted by Gasteiger charge is 2.12. The minimum absolute atomic E-state index is 0.110. The molecular formula is C11H14BrN5O. The van der Waals surface area contributed by atoms with Crippen LogP contribution in [0.3, 0.4) is 0 Å². The first-order valence-electron chi connectivity index (χ1n) is 5.55. The molecule has 2 heterocycles. The molecular weight excluding hydrogens is 298 g/mol. The van der Waals surface area contributed by atoms with Gasteiger partial charge < -0.3 is 10.5 Å². The summed E-state index contributed by atoms with van der Waals surface area (Å²) < 4.78 is 7.88. The number of anilines is 1. The summed E-state index contributed by atoms with van der Waals surface area (Å²) >= 11 is 3.38. The molecule has 0 amide bonds. The van der Waals surface area contributed by atoms with Crippen LogP contribution in [-0.2, 0) is 4.74 Å². The first-order valence-corrected chi connectivity index (χ1v) is 6.35. The molecule has 0 aliphatic carbocycles. The number of aromatic nitrogens is 4. The molecule has 0 bridgehead atoms. The van der Waals surface area contributed by atoms with Crippen molar-refractivity contribution in [1.82, 2.24) is 19.7 Å². The summed E-state index contributed by atoms with van der Waals surface area (Å²) in [6.45, 7) is 4.52. The average molecular weight is 312 g/mol. The Bertz CT molecular complexity index is 542. The second-order valence-corrected chi connectivity index (χ2v) is 4.48. The molecule has 2 rings (SSSR count). The van der Waals surface area contributed by atoms with Gasteiger partial charge in [0.15, 0.2) is 0 Å². The van der Waals surface area contributed by atoms with Gasteiger partial charge in [-0.2, -0.15) is 5.10 Å². The highest BCUT2D eigenvalue weighted by Crippen LogP contribution is 2.29. The Morgan fingerprint density at radius 2 is 2.28 bits per heavy atom. The van der Waals surface area contributed by atoms with Crippen LogP contribution in [0.15, 0.2) is 23.2 Å². The molecule has 0 spiro atoms. The molecule has 1 atom stereocenters. The fraction of sp³-hybridized carbons (Fsp3) is 0.364. The van der Waals surface area contributed by atoms with Gasteiger partial charge in [0.1, 0.15) is 18.4 Å². The number of hydrogen-bond donors (Lipinski definition) is 1. The largest absolute Gasteiger partial charge is 0.383 e. The molecule has 2 N–H and O–H groups in total. The SMILES string of the molecule is CCOC(C)n1cc(-c2ncnc(N)c2Br)cn1. The molecule has 0 aromatic carbocycles. The van der Waals surface area contributed by atoms with Crippen molar-refractivity contribution in [3.05, 3.63) is 23.2 Å². The first kappa shape index (κ1) is 13.0. The summed E-state index contributed by atoms with van der Waals surface area (Å²) in [5.41, 5.74) is 7.31. The Kier molecular flexibility index (Phi) is 3.93. The molecule has 2 aromatic heterocycles. The highest BCUT2D eigenvalue weighted by molar-refractivity contribution is 9.10. The molecule has 0 saturated heterocycles. The van der Waals surface area contributed by atoms with Crippen LogP contribution in [0.1, 0.15) is 20.1 Å². The summed E-state index contributed by atoms with van der Waals surface area (Å²) in [5, 5.41) is 4.25. The molecule has 18 heavy (non-hydrogen) atoms. The van der Waals surface area contributed by atoms with E-state index in [0.29, 0.717) is 16.9 Å². The number of hydrogen-bond acceptors (Lipinski definition) is 5. The fourth-order valence-corrected chi connectivity index (χ4v) is 2.00. The normalized spacial score (nSPS) is 12.6. The molecule has 2 aromatic rings. The van der Waals surface area contributed by atoms with E-state index in [1.165, 1.54) is 6.33 Å². The van der Waals surface area contributed by atoms with Gasteiger partial charge in [0.05, 0.1) is 16.4 Å². The fourth-order valence-electron chi connectivity index (χ4n) is 1.56. The van der Waals surface area contributed by atoms with Gasteiger partial charge >= 0.3 is 0 Å². The minimum atomic E-state index is -0.110. The number of ether oxygens (including phenoxy) is 1. The lowest BCUT2D eigenvalue weighted by Gasteiger charge is -2.11. The third kappa shape index (κ3) is 2.51. The third-order valence-corrected chi connectivity index (χ3v) is 3.25. The zero-order valence-corrected chi connectivity index (χ0v) is 11.8. The predicted octanol–water partition coefficient (Wildman–Crippen LogP) is 2.24. The molecule has 0 radical (unpaired) electrons. The average Bonchev–Trinajstić information content (AvgIpc) is 2.82. The van der Waals surface area contributed by atoms with E-state index in [1.807, 2.05) is 20.0 Å². The standard InChI is InChI=1S/C11H14BrN5O/c1-3-18-7(2)17-5-8(4-16-17)10-9(12)11(13)15-6-14-10/h4-7H,3H2,1-2H3,(H2,13,14,15). The van der Waals surface area contributed by atoms with Gasteiger partial charge in [0.2, 0.25) is 0 Å². The minimum Gasteiger partial charge on any atom is -0.383 e. The van der Waals surface area contributed by atoms with E-state index in [-0.39, 0.29) is 6.23 Å². The lowest BCUT2D eigenvalue weighted by Crippen LogP contribution is -2.09. The van der Waals surface area contributed by atoms with Crippen molar-refractivity contribution in [2.24, 2.45) is 0 Å². The van der Waals surface area contributed by atoms with Crippen LogP contribution in [0, 0.1) is 0 Å². The molecule has 0 aliphatic rings. The zero-order valence-electron chi connectivity index (χ0n) is 10.2. The Hall–Kier alpha value is -1.47. The third-order valence-electron chi connectivity index (χ3n) is 2.47. The molecule has 1 unspecified atom stereocenters. The van der Waals surface area contributed by atoms with Gasteiger partial charge in [-0.15, -0.1) is 0 Å². The van der Waals surface area contributed by atoms with E-state index in [9.17, 15) is 0 Å². The molecule has 0 aliphatic heterocycles. The van der Waals surface area contributed by atoms with Gasteiger partial charge in [-0.05, 0) is 29.8 Å². The van der Waals surface area contributed by atoms with Crippen LogP contribution in [0.2, 0.25) is 0 Å². The Morgan fingerprint density at radius 1 is 1.50 bits per heavy atom. The maximum Gasteiger partial charge on any atom is 0.147 e. The quantitative estimate of drug-likeness (QED) is 0.936. The second-order valence-electron chi connectivity index (χ2n) is 3.69. The number of nitrogens with two attached hydrogens (primary N) is 1. The summed E-state index contributed by atoms with van der Waals surface area (Å²) in [5.74, 6) is 0.408. The molecule has 0 fully saturated rings. The predicted molar refractivity (Wildman–Crippen MR) is 71.7 cm³/mol. The Labute approximate surface area is 113 Å². The maximum atomic E-state index is 5.72. The van der Waals surface area contributed by atoms with Crippen molar-refractivity contribution in [2.75, 3.05) is 12.3 Å². The zero-order chi connectivity index (χ0) is 13.1. The summed E-state index contributed by atoms with van der Waals surface area (Å²) in [6.07, 6.45) is 4.91. The highest BCUT2D eigenvalue weighted by atomic mass is 79.9. The molecule has 0 saturated carbocycles. The van der Waals surface area contributed by atoms with Crippen LogP contribution in [0.5, 0.6) is 0 Å². The van der Waals surface area contributed by atoms with E-state index < -0.39 is 0 Å². The summed E-state index contributed by atoms with van der Waals surface area (Å²) in [4.78, 5) is 8.10. The molecule has 6 nitrogen and oxygen atoms in total. The van der Waals surface area contributed by atoms with Crippen molar-refractivity contribution >= 4 is 21.7 Å². The lowest BCUT2D eigenvalue weighted by atomic mass is 10.2. The number of nitrogens with zero attached hydrogens (tertiary/aromatic N) is 4. The second kappa shape index (κ2) is 5.45. The Balaban J connectivity index is 2.32. The van der Waals surface area contributed by atoms with Crippen LogP contribution < -0.4 is 5.73 Å². The monoisotopic (exact) mass is 311 g/mol. The van der Waals surface area contributed by atoms with Crippen LogP contribution >= 0.6 is 15.9 Å². The van der Waals surface area contributed by atoms with Crippen molar-refractivity contribution < 1.29 is 4.74 Å². The molecule has 96 valence electrons. The van der Waals surface area contributed by atoms with E-state index in [4.69, 9.17) is 10.5 Å². The van der Waals surface area contributed by atoms with Gasteiger partial charge in [-0.25, -0.2) is 14.6 Å². The van der Waals surface area contributed by atoms with E-state index in [2.05, 4.69) is 31.0 Å². The summed E-state index contributed by atoms with van der Waals surface area (Å²) in [6, 6.07) is 0.